The van der Waals surface area contributed by atoms with Gasteiger partial charge in [0.25, 0.3) is 5.91 Å². The Bertz CT molecular complexity index is 1250. The standard InChI is InChI=1S/C29H30FN3OS/c1-2-3-19-33(23-10-5-4-6-11-23)20-9-18-31-29(34)26-21-28(32-27-13-8-7-12-25(26)27)35-24-16-14-22(30)15-17-24/h4-8,10-17,21H,2-3,9,18-20H2,1H3,(H,31,34). The third kappa shape index (κ3) is 6.83. The molecule has 6 heteroatoms. The molecule has 0 aliphatic heterocycles. The van der Waals surface area contributed by atoms with Crippen LogP contribution in [0.2, 0.25) is 0 Å². The van der Waals surface area contributed by atoms with Crippen molar-refractivity contribution in [1.29, 1.82) is 0 Å². The molecule has 1 heterocycles. The number of aromatic nitrogens is 1. The Morgan fingerprint density at radius 3 is 2.43 bits per heavy atom. The number of anilines is 1. The first-order chi connectivity index (χ1) is 17.1. The lowest BCUT2D eigenvalue weighted by atomic mass is 10.1. The van der Waals surface area contributed by atoms with Crippen LogP contribution in [0.4, 0.5) is 10.1 Å². The van der Waals surface area contributed by atoms with Gasteiger partial charge in [-0.3, -0.25) is 4.79 Å². The molecule has 1 N–H and O–H groups in total. The van der Waals surface area contributed by atoms with Crippen LogP contribution in [0.1, 0.15) is 36.5 Å². The monoisotopic (exact) mass is 487 g/mol. The normalized spacial score (nSPS) is 10.9. The second-order valence-electron chi connectivity index (χ2n) is 8.37. The molecule has 4 aromatic rings. The first kappa shape index (κ1) is 24.7. The van der Waals surface area contributed by atoms with E-state index in [1.165, 1.54) is 29.6 Å². The van der Waals surface area contributed by atoms with Gasteiger partial charge in [0.1, 0.15) is 10.8 Å². The molecular weight excluding hydrogens is 457 g/mol. The average molecular weight is 488 g/mol. The zero-order valence-corrected chi connectivity index (χ0v) is 20.7. The molecule has 1 amide bonds. The SMILES string of the molecule is CCCCN(CCCNC(=O)c1cc(Sc2ccc(F)cc2)nc2ccccc12)c1ccccc1. The summed E-state index contributed by atoms with van der Waals surface area (Å²) in [5, 5.41) is 4.63. The highest BCUT2D eigenvalue weighted by molar-refractivity contribution is 7.99. The van der Waals surface area contributed by atoms with Crippen molar-refractivity contribution in [1.82, 2.24) is 10.3 Å². The molecule has 4 rings (SSSR count). The minimum absolute atomic E-state index is 0.107. The van der Waals surface area contributed by atoms with Gasteiger partial charge in [-0.1, -0.05) is 61.5 Å². The fraction of sp³-hybridized carbons (Fsp3) is 0.241. The number of benzene rings is 3. The number of para-hydroxylation sites is 2. The number of carbonyl (C=O) groups excluding carboxylic acids is 1. The smallest absolute Gasteiger partial charge is 0.252 e. The number of halogens is 1. The summed E-state index contributed by atoms with van der Waals surface area (Å²) in [5.74, 6) is -0.384. The van der Waals surface area contributed by atoms with Crippen molar-refractivity contribution in [3.63, 3.8) is 0 Å². The van der Waals surface area contributed by atoms with Crippen LogP contribution >= 0.6 is 11.8 Å². The van der Waals surface area contributed by atoms with Gasteiger partial charge in [0, 0.05) is 35.6 Å². The highest BCUT2D eigenvalue weighted by Gasteiger charge is 2.14. The number of amides is 1. The van der Waals surface area contributed by atoms with Crippen molar-refractivity contribution in [3.8, 4) is 0 Å². The summed E-state index contributed by atoms with van der Waals surface area (Å²) in [4.78, 5) is 21.1. The summed E-state index contributed by atoms with van der Waals surface area (Å²) < 4.78 is 13.3. The molecule has 0 saturated carbocycles. The van der Waals surface area contributed by atoms with Gasteiger partial charge in [-0.2, -0.15) is 0 Å². The van der Waals surface area contributed by atoms with Crippen LogP contribution in [0.25, 0.3) is 10.9 Å². The van der Waals surface area contributed by atoms with Gasteiger partial charge >= 0.3 is 0 Å². The minimum Gasteiger partial charge on any atom is -0.371 e. The third-order valence-corrected chi connectivity index (χ3v) is 6.69. The molecule has 0 radical (unpaired) electrons. The quantitative estimate of drug-likeness (QED) is 0.233. The third-order valence-electron chi connectivity index (χ3n) is 5.77. The van der Waals surface area contributed by atoms with Gasteiger partial charge in [-0.15, -0.1) is 0 Å². The summed E-state index contributed by atoms with van der Waals surface area (Å²) in [5.41, 5.74) is 2.58. The Kier molecular flexibility index (Phi) is 8.74. The Balaban J connectivity index is 1.43. The first-order valence-corrected chi connectivity index (χ1v) is 12.9. The molecule has 4 nitrogen and oxygen atoms in total. The maximum atomic E-state index is 13.3. The number of unbranched alkanes of at least 4 members (excludes halogenated alkanes) is 1. The molecular formula is C29H30FN3OS. The highest BCUT2D eigenvalue weighted by atomic mass is 32.2. The molecule has 0 aliphatic carbocycles. The van der Waals surface area contributed by atoms with Gasteiger partial charge in [-0.05, 0) is 61.4 Å². The van der Waals surface area contributed by atoms with Crippen molar-refractivity contribution < 1.29 is 9.18 Å². The molecule has 0 spiro atoms. The van der Waals surface area contributed by atoms with E-state index in [1.54, 1.807) is 12.1 Å². The molecule has 0 aliphatic rings. The molecule has 0 bridgehead atoms. The van der Waals surface area contributed by atoms with E-state index >= 15 is 0 Å². The predicted octanol–water partition coefficient (Wildman–Crippen LogP) is 6.95. The maximum Gasteiger partial charge on any atom is 0.252 e. The van der Waals surface area contributed by atoms with Crippen LogP contribution in [-0.2, 0) is 0 Å². The fourth-order valence-corrected chi connectivity index (χ4v) is 4.77. The number of nitrogens with zero attached hydrogens (tertiary/aromatic N) is 2. The lowest BCUT2D eigenvalue weighted by molar-refractivity contribution is 0.0954. The second kappa shape index (κ2) is 12.4. The van der Waals surface area contributed by atoms with Crippen molar-refractivity contribution in [2.45, 2.75) is 36.1 Å². The van der Waals surface area contributed by atoms with E-state index in [0.717, 1.165) is 48.2 Å². The molecule has 1 aromatic heterocycles. The highest BCUT2D eigenvalue weighted by Crippen LogP contribution is 2.30. The number of pyridine rings is 1. The molecule has 0 atom stereocenters. The summed E-state index contributed by atoms with van der Waals surface area (Å²) in [6.07, 6.45) is 3.14. The number of fused-ring (bicyclic) bond motifs is 1. The van der Waals surface area contributed by atoms with Gasteiger partial charge in [-0.25, -0.2) is 9.37 Å². The van der Waals surface area contributed by atoms with Crippen LogP contribution in [0.15, 0.2) is 94.9 Å². The maximum absolute atomic E-state index is 13.3. The zero-order valence-electron chi connectivity index (χ0n) is 19.9. The van der Waals surface area contributed by atoms with Crippen LogP contribution in [-0.4, -0.2) is 30.5 Å². The van der Waals surface area contributed by atoms with Crippen molar-refractivity contribution in [2.24, 2.45) is 0 Å². The first-order valence-electron chi connectivity index (χ1n) is 12.1. The Morgan fingerprint density at radius 1 is 0.943 bits per heavy atom. The zero-order chi connectivity index (χ0) is 24.5. The van der Waals surface area contributed by atoms with Gasteiger partial charge in [0.2, 0.25) is 0 Å². The number of hydrogen-bond acceptors (Lipinski definition) is 4. The van der Waals surface area contributed by atoms with E-state index in [2.05, 4.69) is 41.4 Å². The van der Waals surface area contributed by atoms with E-state index in [9.17, 15) is 9.18 Å². The lowest BCUT2D eigenvalue weighted by Crippen LogP contribution is -2.30. The van der Waals surface area contributed by atoms with Crippen molar-refractivity contribution in [2.75, 3.05) is 24.5 Å². The van der Waals surface area contributed by atoms with Crippen LogP contribution in [0.3, 0.4) is 0 Å². The second-order valence-corrected chi connectivity index (χ2v) is 9.46. The summed E-state index contributed by atoms with van der Waals surface area (Å²) >= 11 is 1.42. The molecule has 0 fully saturated rings. The number of nitrogens with one attached hydrogen (secondary N) is 1. The van der Waals surface area contributed by atoms with Crippen LogP contribution in [0.5, 0.6) is 0 Å². The molecule has 3 aromatic carbocycles. The Hall–Kier alpha value is -3.38. The number of carbonyl (C=O) groups is 1. The lowest BCUT2D eigenvalue weighted by Gasteiger charge is -2.25. The van der Waals surface area contributed by atoms with E-state index in [-0.39, 0.29) is 11.7 Å². The molecule has 180 valence electrons. The average Bonchev–Trinajstić information content (AvgIpc) is 2.89. The van der Waals surface area contributed by atoms with Gasteiger partial charge in [0.15, 0.2) is 0 Å². The summed E-state index contributed by atoms with van der Waals surface area (Å²) in [7, 11) is 0. The van der Waals surface area contributed by atoms with E-state index in [1.807, 2.05) is 36.4 Å². The Morgan fingerprint density at radius 2 is 1.66 bits per heavy atom. The van der Waals surface area contributed by atoms with E-state index in [4.69, 9.17) is 4.98 Å². The molecule has 0 unspecified atom stereocenters. The number of rotatable bonds is 11. The summed E-state index contributed by atoms with van der Waals surface area (Å²) in [6, 6.07) is 26.2. The van der Waals surface area contributed by atoms with Gasteiger partial charge < -0.3 is 10.2 Å². The minimum atomic E-state index is -0.276. The van der Waals surface area contributed by atoms with Crippen molar-refractivity contribution in [3.05, 3.63) is 96.3 Å². The van der Waals surface area contributed by atoms with Crippen LogP contribution < -0.4 is 10.2 Å². The van der Waals surface area contributed by atoms with E-state index < -0.39 is 0 Å². The molecule has 0 saturated heterocycles. The summed E-state index contributed by atoms with van der Waals surface area (Å²) in [6.45, 7) is 4.68. The Labute approximate surface area is 210 Å². The fourth-order valence-electron chi connectivity index (χ4n) is 3.94. The largest absolute Gasteiger partial charge is 0.371 e. The topological polar surface area (TPSA) is 45.2 Å². The van der Waals surface area contributed by atoms with Gasteiger partial charge in [0.05, 0.1) is 11.1 Å². The van der Waals surface area contributed by atoms with E-state index in [0.29, 0.717) is 17.1 Å². The predicted molar refractivity (Wildman–Crippen MR) is 143 cm³/mol. The molecule has 35 heavy (non-hydrogen) atoms. The van der Waals surface area contributed by atoms with Crippen molar-refractivity contribution >= 4 is 34.3 Å². The van der Waals surface area contributed by atoms with Crippen LogP contribution in [0, 0.1) is 5.82 Å². The number of hydrogen-bond donors (Lipinski definition) is 1.